The van der Waals surface area contributed by atoms with E-state index in [9.17, 15) is 14.4 Å². The van der Waals surface area contributed by atoms with Crippen molar-refractivity contribution < 1.29 is 19.1 Å². The lowest BCUT2D eigenvalue weighted by Crippen LogP contribution is -2.44. The number of amides is 2. The molecular formula is C19H26Cl2N2O4. The SMILES string of the molecule is CC(C)CNC(=O)COC(=O)[C@H](CC(C)C)NC(=O)c1ccc(Cl)cc1Cl. The molecule has 1 aromatic carbocycles. The number of hydrogen-bond acceptors (Lipinski definition) is 4. The largest absolute Gasteiger partial charge is 0.454 e. The highest BCUT2D eigenvalue weighted by Gasteiger charge is 2.25. The quantitative estimate of drug-likeness (QED) is 0.603. The number of rotatable bonds is 9. The minimum atomic E-state index is -0.887. The molecule has 1 aromatic rings. The summed E-state index contributed by atoms with van der Waals surface area (Å²) < 4.78 is 5.07. The Morgan fingerprint density at radius 3 is 2.30 bits per heavy atom. The fraction of sp³-hybridized carbons (Fsp3) is 0.526. The molecule has 0 aliphatic carbocycles. The summed E-state index contributed by atoms with van der Waals surface area (Å²) in [6, 6.07) is 3.59. The van der Waals surface area contributed by atoms with Crippen molar-refractivity contribution in [2.45, 2.75) is 40.2 Å². The summed E-state index contributed by atoms with van der Waals surface area (Å²) in [5.41, 5.74) is 0.206. The lowest BCUT2D eigenvalue weighted by Gasteiger charge is -2.20. The lowest BCUT2D eigenvalue weighted by molar-refractivity contribution is -0.150. The zero-order valence-corrected chi connectivity index (χ0v) is 17.5. The highest BCUT2D eigenvalue weighted by atomic mass is 35.5. The third kappa shape index (κ3) is 8.63. The van der Waals surface area contributed by atoms with Crippen LogP contribution in [0.1, 0.15) is 44.5 Å². The smallest absolute Gasteiger partial charge is 0.329 e. The topological polar surface area (TPSA) is 84.5 Å². The van der Waals surface area contributed by atoms with Crippen LogP contribution in [0, 0.1) is 11.8 Å². The second-order valence-electron chi connectivity index (χ2n) is 7.09. The first kappa shape index (κ1) is 23.2. The van der Waals surface area contributed by atoms with Gasteiger partial charge in [-0.2, -0.15) is 0 Å². The average Bonchev–Trinajstić information content (AvgIpc) is 2.56. The van der Waals surface area contributed by atoms with Crippen LogP contribution in [0.3, 0.4) is 0 Å². The van der Waals surface area contributed by atoms with Crippen LogP contribution in [0.5, 0.6) is 0 Å². The zero-order chi connectivity index (χ0) is 20.6. The Balaban J connectivity index is 2.72. The molecule has 0 heterocycles. The highest BCUT2D eigenvalue weighted by molar-refractivity contribution is 6.36. The van der Waals surface area contributed by atoms with Gasteiger partial charge in [-0.25, -0.2) is 4.79 Å². The van der Waals surface area contributed by atoms with Gasteiger partial charge in [-0.1, -0.05) is 50.9 Å². The molecular weight excluding hydrogens is 391 g/mol. The molecule has 1 atom stereocenters. The molecule has 2 amide bonds. The summed E-state index contributed by atoms with van der Waals surface area (Å²) >= 11 is 11.9. The third-order valence-corrected chi connectivity index (χ3v) is 4.07. The van der Waals surface area contributed by atoms with E-state index in [0.29, 0.717) is 23.9 Å². The Morgan fingerprint density at radius 2 is 1.74 bits per heavy atom. The van der Waals surface area contributed by atoms with Crippen molar-refractivity contribution >= 4 is 41.0 Å². The summed E-state index contributed by atoms with van der Waals surface area (Å²) in [6.45, 7) is 7.86. The molecule has 2 N–H and O–H groups in total. The number of esters is 1. The molecule has 0 spiro atoms. The second-order valence-corrected chi connectivity index (χ2v) is 7.93. The highest BCUT2D eigenvalue weighted by Crippen LogP contribution is 2.21. The molecule has 0 radical (unpaired) electrons. The van der Waals surface area contributed by atoms with E-state index in [2.05, 4.69) is 10.6 Å². The maximum atomic E-state index is 12.5. The van der Waals surface area contributed by atoms with E-state index in [1.165, 1.54) is 18.2 Å². The maximum absolute atomic E-state index is 12.5. The first-order valence-electron chi connectivity index (χ1n) is 8.79. The van der Waals surface area contributed by atoms with E-state index in [4.69, 9.17) is 27.9 Å². The molecule has 0 bridgehead atoms. The predicted molar refractivity (Wildman–Crippen MR) is 106 cm³/mol. The lowest BCUT2D eigenvalue weighted by atomic mass is 10.0. The van der Waals surface area contributed by atoms with Gasteiger partial charge in [0.25, 0.3) is 11.8 Å². The third-order valence-electron chi connectivity index (χ3n) is 3.53. The summed E-state index contributed by atoms with van der Waals surface area (Å²) in [4.78, 5) is 36.5. The summed E-state index contributed by atoms with van der Waals surface area (Å²) in [5, 5.41) is 5.88. The second kappa shape index (κ2) is 11.1. The molecule has 0 fully saturated rings. The molecule has 0 saturated heterocycles. The molecule has 0 saturated carbocycles. The molecule has 1 rings (SSSR count). The van der Waals surface area contributed by atoms with Crippen molar-refractivity contribution in [3.63, 3.8) is 0 Å². The van der Waals surface area contributed by atoms with Gasteiger partial charge < -0.3 is 15.4 Å². The fourth-order valence-corrected chi connectivity index (χ4v) is 2.70. The minimum absolute atomic E-state index is 0.123. The number of carbonyl (C=O) groups excluding carboxylic acids is 3. The van der Waals surface area contributed by atoms with Gasteiger partial charge in [0.1, 0.15) is 6.04 Å². The van der Waals surface area contributed by atoms with Crippen molar-refractivity contribution in [1.82, 2.24) is 10.6 Å². The van der Waals surface area contributed by atoms with Crippen molar-refractivity contribution in [2.24, 2.45) is 11.8 Å². The molecule has 0 aromatic heterocycles. The van der Waals surface area contributed by atoms with E-state index >= 15 is 0 Å². The Kier molecular flexibility index (Phi) is 9.60. The van der Waals surface area contributed by atoms with Crippen molar-refractivity contribution in [3.05, 3.63) is 33.8 Å². The van der Waals surface area contributed by atoms with Gasteiger partial charge in [-0.05, 0) is 36.5 Å². The number of hydrogen-bond donors (Lipinski definition) is 2. The van der Waals surface area contributed by atoms with Crippen LogP contribution in [0.25, 0.3) is 0 Å². The number of nitrogens with one attached hydrogen (secondary N) is 2. The normalized spacial score (nSPS) is 12.0. The van der Waals surface area contributed by atoms with Crippen molar-refractivity contribution in [3.8, 4) is 0 Å². The van der Waals surface area contributed by atoms with Gasteiger partial charge >= 0.3 is 5.97 Å². The zero-order valence-electron chi connectivity index (χ0n) is 16.0. The summed E-state index contributed by atoms with van der Waals surface area (Å²) in [6.07, 6.45) is 0.364. The van der Waals surface area contributed by atoms with E-state index < -0.39 is 24.5 Å². The van der Waals surface area contributed by atoms with Gasteiger partial charge in [0.05, 0.1) is 10.6 Å². The fourth-order valence-electron chi connectivity index (χ4n) is 2.20. The molecule has 0 aliphatic heterocycles. The maximum Gasteiger partial charge on any atom is 0.329 e. The Hall–Kier alpha value is -1.79. The van der Waals surface area contributed by atoms with Gasteiger partial charge in [0.2, 0.25) is 0 Å². The number of ether oxygens (including phenoxy) is 1. The van der Waals surface area contributed by atoms with Crippen LogP contribution in [0.2, 0.25) is 10.0 Å². The van der Waals surface area contributed by atoms with Crippen LogP contribution in [0.15, 0.2) is 18.2 Å². The van der Waals surface area contributed by atoms with Crippen LogP contribution in [0.4, 0.5) is 0 Å². The van der Waals surface area contributed by atoms with Gasteiger partial charge in [0, 0.05) is 11.6 Å². The summed E-state index contributed by atoms with van der Waals surface area (Å²) in [5.74, 6) is -1.14. The monoisotopic (exact) mass is 416 g/mol. The van der Waals surface area contributed by atoms with Gasteiger partial charge in [0.15, 0.2) is 6.61 Å². The first-order chi connectivity index (χ1) is 12.6. The van der Waals surface area contributed by atoms with E-state index in [1.54, 1.807) is 0 Å². The van der Waals surface area contributed by atoms with Crippen LogP contribution in [-0.4, -0.2) is 37.0 Å². The van der Waals surface area contributed by atoms with Crippen molar-refractivity contribution in [2.75, 3.05) is 13.2 Å². The molecule has 150 valence electrons. The van der Waals surface area contributed by atoms with E-state index in [1.807, 2.05) is 27.7 Å². The predicted octanol–water partition coefficient (Wildman–Crippen LogP) is 3.45. The molecule has 6 nitrogen and oxygen atoms in total. The molecule has 8 heteroatoms. The Morgan fingerprint density at radius 1 is 1.07 bits per heavy atom. The standard InChI is InChI=1S/C19H26Cl2N2O4/c1-11(2)7-16(19(26)27-10-17(24)22-9-12(3)4)23-18(25)14-6-5-13(20)8-15(14)21/h5-6,8,11-12,16H,7,9-10H2,1-4H3,(H,22,24)(H,23,25)/t16-/m0/s1. The average molecular weight is 417 g/mol. The van der Waals surface area contributed by atoms with E-state index in [0.717, 1.165) is 0 Å². The summed E-state index contributed by atoms with van der Waals surface area (Å²) in [7, 11) is 0. The molecule has 0 aliphatic rings. The van der Waals surface area contributed by atoms with Gasteiger partial charge in [-0.3, -0.25) is 9.59 Å². The Labute approximate surface area is 169 Å². The van der Waals surface area contributed by atoms with Gasteiger partial charge in [-0.15, -0.1) is 0 Å². The van der Waals surface area contributed by atoms with Crippen LogP contribution >= 0.6 is 23.2 Å². The number of carbonyl (C=O) groups is 3. The molecule has 0 unspecified atom stereocenters. The van der Waals surface area contributed by atoms with Crippen LogP contribution in [-0.2, 0) is 14.3 Å². The number of halogens is 2. The molecule has 27 heavy (non-hydrogen) atoms. The first-order valence-corrected chi connectivity index (χ1v) is 9.55. The number of benzene rings is 1. The Bertz CT molecular complexity index is 678. The minimum Gasteiger partial charge on any atom is -0.454 e. The van der Waals surface area contributed by atoms with E-state index in [-0.39, 0.29) is 22.4 Å². The van der Waals surface area contributed by atoms with Crippen molar-refractivity contribution in [1.29, 1.82) is 0 Å². The van der Waals surface area contributed by atoms with Crippen LogP contribution < -0.4 is 10.6 Å².